The Morgan fingerprint density at radius 3 is 2.23 bits per heavy atom. The predicted molar refractivity (Wildman–Crippen MR) is 88.1 cm³/mol. The molecule has 1 N–H and O–H groups in total. The Balaban J connectivity index is 1.86. The van der Waals surface area contributed by atoms with E-state index in [0.29, 0.717) is 11.5 Å². The van der Waals surface area contributed by atoms with E-state index in [2.05, 4.69) is 0 Å². The number of hydrogen-bond acceptors (Lipinski definition) is 4. The van der Waals surface area contributed by atoms with Crippen LogP contribution in [0.1, 0.15) is 5.56 Å². The third-order valence-electron chi connectivity index (χ3n) is 3.17. The van der Waals surface area contributed by atoms with Crippen molar-refractivity contribution in [3.8, 4) is 17.1 Å². The molecule has 110 valence electrons. The standard InChI is InChI=1S/C18H14O3S/c19-15-11-16(14-9-5-2-6-10-14)21-18(20)17(15)22-12-13-7-3-1-4-8-13/h1-11,19H,12H2. The van der Waals surface area contributed by atoms with Crippen molar-refractivity contribution in [2.75, 3.05) is 0 Å². The molecule has 0 spiro atoms. The molecule has 2 aromatic carbocycles. The number of hydrogen-bond donors (Lipinski definition) is 1. The molecule has 0 aliphatic rings. The summed E-state index contributed by atoms with van der Waals surface area (Å²) >= 11 is 1.27. The number of thioether (sulfide) groups is 1. The highest BCUT2D eigenvalue weighted by Gasteiger charge is 2.13. The average Bonchev–Trinajstić information content (AvgIpc) is 2.56. The second-order valence-corrected chi connectivity index (χ2v) is 5.74. The topological polar surface area (TPSA) is 50.4 Å². The first-order valence-corrected chi connectivity index (χ1v) is 7.82. The van der Waals surface area contributed by atoms with Gasteiger partial charge in [-0.25, -0.2) is 4.79 Å². The highest BCUT2D eigenvalue weighted by Crippen LogP contribution is 2.31. The first-order valence-electron chi connectivity index (χ1n) is 6.83. The Morgan fingerprint density at radius 2 is 1.59 bits per heavy atom. The van der Waals surface area contributed by atoms with Crippen molar-refractivity contribution in [1.29, 1.82) is 0 Å². The average molecular weight is 310 g/mol. The highest BCUT2D eigenvalue weighted by atomic mass is 32.2. The number of aromatic hydroxyl groups is 1. The number of rotatable bonds is 4. The van der Waals surface area contributed by atoms with Crippen LogP contribution < -0.4 is 5.63 Å². The summed E-state index contributed by atoms with van der Waals surface area (Å²) < 4.78 is 5.33. The Hall–Kier alpha value is -2.46. The van der Waals surface area contributed by atoms with Crippen LogP contribution in [-0.2, 0) is 5.75 Å². The molecule has 0 radical (unpaired) electrons. The van der Waals surface area contributed by atoms with Crippen molar-refractivity contribution in [1.82, 2.24) is 0 Å². The van der Waals surface area contributed by atoms with Crippen molar-refractivity contribution in [3.05, 3.63) is 82.7 Å². The van der Waals surface area contributed by atoms with Gasteiger partial charge >= 0.3 is 5.63 Å². The Morgan fingerprint density at radius 1 is 0.955 bits per heavy atom. The summed E-state index contributed by atoms with van der Waals surface area (Å²) in [5.74, 6) is 0.923. The van der Waals surface area contributed by atoms with Crippen LogP contribution >= 0.6 is 11.8 Å². The van der Waals surface area contributed by atoms with Crippen LogP contribution in [0.3, 0.4) is 0 Å². The molecule has 0 fully saturated rings. The van der Waals surface area contributed by atoms with E-state index in [4.69, 9.17) is 4.42 Å². The van der Waals surface area contributed by atoms with Gasteiger partial charge in [0, 0.05) is 17.4 Å². The molecule has 0 saturated carbocycles. The van der Waals surface area contributed by atoms with Crippen molar-refractivity contribution in [2.45, 2.75) is 10.6 Å². The van der Waals surface area contributed by atoms with Crippen molar-refractivity contribution in [3.63, 3.8) is 0 Å². The summed E-state index contributed by atoms with van der Waals surface area (Å²) in [4.78, 5) is 12.3. The molecule has 0 aliphatic carbocycles. The molecule has 4 heteroatoms. The highest BCUT2D eigenvalue weighted by molar-refractivity contribution is 7.98. The molecule has 0 saturated heterocycles. The molecule has 1 aromatic heterocycles. The van der Waals surface area contributed by atoms with E-state index < -0.39 is 5.63 Å². The fourth-order valence-corrected chi connectivity index (χ4v) is 2.95. The fraction of sp³-hybridized carbons (Fsp3) is 0.0556. The molecule has 3 aromatic rings. The second kappa shape index (κ2) is 6.54. The zero-order valence-electron chi connectivity index (χ0n) is 11.7. The summed E-state index contributed by atoms with van der Waals surface area (Å²) in [7, 11) is 0. The van der Waals surface area contributed by atoms with Gasteiger partial charge in [-0.3, -0.25) is 0 Å². The molecule has 3 nitrogen and oxygen atoms in total. The summed E-state index contributed by atoms with van der Waals surface area (Å²) in [6.07, 6.45) is 0. The molecule has 0 aliphatic heterocycles. The van der Waals surface area contributed by atoms with E-state index in [1.54, 1.807) is 0 Å². The van der Waals surface area contributed by atoms with E-state index in [9.17, 15) is 9.90 Å². The lowest BCUT2D eigenvalue weighted by molar-refractivity contribution is 0.430. The third-order valence-corrected chi connectivity index (χ3v) is 4.31. The van der Waals surface area contributed by atoms with Crippen LogP contribution in [0.25, 0.3) is 11.3 Å². The van der Waals surface area contributed by atoms with E-state index in [1.807, 2.05) is 60.7 Å². The van der Waals surface area contributed by atoms with Gasteiger partial charge in [-0.2, -0.15) is 0 Å². The van der Waals surface area contributed by atoms with Crippen LogP contribution in [0, 0.1) is 0 Å². The summed E-state index contributed by atoms with van der Waals surface area (Å²) in [6.45, 7) is 0. The first-order chi connectivity index (χ1) is 10.7. The normalized spacial score (nSPS) is 10.5. The van der Waals surface area contributed by atoms with Crippen molar-refractivity contribution >= 4 is 11.8 Å². The Kier molecular flexibility index (Phi) is 4.30. The maximum Gasteiger partial charge on any atom is 0.353 e. The SMILES string of the molecule is O=c1oc(-c2ccccc2)cc(O)c1SCc1ccccc1. The predicted octanol–water partition coefficient (Wildman–Crippen LogP) is 4.30. The van der Waals surface area contributed by atoms with E-state index in [1.165, 1.54) is 17.8 Å². The van der Waals surface area contributed by atoms with Gasteiger partial charge in [0.1, 0.15) is 16.4 Å². The van der Waals surface area contributed by atoms with Gasteiger partial charge in [-0.05, 0) is 5.56 Å². The quantitative estimate of drug-likeness (QED) is 0.730. The van der Waals surface area contributed by atoms with E-state index in [0.717, 1.165) is 11.1 Å². The summed E-state index contributed by atoms with van der Waals surface area (Å²) in [5.41, 5.74) is 1.33. The van der Waals surface area contributed by atoms with Gasteiger partial charge in [0.2, 0.25) is 0 Å². The Labute approximate surface area is 132 Å². The lowest BCUT2D eigenvalue weighted by atomic mass is 10.1. The minimum absolute atomic E-state index is 0.0453. The molecular weight excluding hydrogens is 296 g/mol. The third kappa shape index (κ3) is 3.23. The summed E-state index contributed by atoms with van der Waals surface area (Å²) in [5, 5.41) is 10.1. The van der Waals surface area contributed by atoms with Gasteiger partial charge in [0.25, 0.3) is 0 Å². The van der Waals surface area contributed by atoms with E-state index in [-0.39, 0.29) is 10.6 Å². The van der Waals surface area contributed by atoms with E-state index >= 15 is 0 Å². The zero-order chi connectivity index (χ0) is 15.4. The lowest BCUT2D eigenvalue weighted by Crippen LogP contribution is -2.03. The molecule has 0 unspecified atom stereocenters. The van der Waals surface area contributed by atoms with Crippen LogP contribution in [0.4, 0.5) is 0 Å². The van der Waals surface area contributed by atoms with Gasteiger partial charge in [0.05, 0.1) is 0 Å². The Bertz CT molecular complexity index is 811. The molecule has 0 amide bonds. The minimum atomic E-state index is -0.514. The van der Waals surface area contributed by atoms with Crippen LogP contribution in [0.5, 0.6) is 5.75 Å². The van der Waals surface area contributed by atoms with Gasteiger partial charge in [-0.1, -0.05) is 60.7 Å². The minimum Gasteiger partial charge on any atom is -0.506 e. The summed E-state index contributed by atoms with van der Waals surface area (Å²) in [6, 6.07) is 20.5. The fourth-order valence-electron chi connectivity index (χ4n) is 2.08. The van der Waals surface area contributed by atoms with Gasteiger partial charge < -0.3 is 9.52 Å². The lowest BCUT2D eigenvalue weighted by Gasteiger charge is -2.06. The smallest absolute Gasteiger partial charge is 0.353 e. The molecule has 3 rings (SSSR count). The van der Waals surface area contributed by atoms with Gasteiger partial charge in [0.15, 0.2) is 0 Å². The van der Waals surface area contributed by atoms with Crippen LogP contribution in [0.15, 0.2) is 80.8 Å². The molecule has 1 heterocycles. The van der Waals surface area contributed by atoms with Crippen LogP contribution in [-0.4, -0.2) is 5.11 Å². The molecule has 0 bridgehead atoms. The second-order valence-electron chi connectivity index (χ2n) is 4.75. The first kappa shape index (κ1) is 14.5. The van der Waals surface area contributed by atoms with Crippen molar-refractivity contribution in [2.24, 2.45) is 0 Å². The van der Waals surface area contributed by atoms with Gasteiger partial charge in [-0.15, -0.1) is 11.8 Å². The largest absolute Gasteiger partial charge is 0.506 e. The molecule has 0 atom stereocenters. The molecule has 22 heavy (non-hydrogen) atoms. The number of benzene rings is 2. The van der Waals surface area contributed by atoms with Crippen molar-refractivity contribution < 1.29 is 9.52 Å². The van der Waals surface area contributed by atoms with Crippen LogP contribution in [0.2, 0.25) is 0 Å². The molecular formula is C18H14O3S. The maximum atomic E-state index is 12.1. The maximum absolute atomic E-state index is 12.1. The zero-order valence-corrected chi connectivity index (χ0v) is 12.5. The monoisotopic (exact) mass is 310 g/mol.